The summed E-state index contributed by atoms with van der Waals surface area (Å²) < 4.78 is 6.97. The number of aromatic nitrogens is 1. The van der Waals surface area contributed by atoms with E-state index in [9.17, 15) is 4.79 Å². The van der Waals surface area contributed by atoms with Gasteiger partial charge in [0, 0.05) is 12.2 Å². The molecule has 0 aliphatic heterocycles. The van der Waals surface area contributed by atoms with E-state index in [1.54, 1.807) is 0 Å². The number of hydrogen-bond acceptors (Lipinski definition) is 2. The Morgan fingerprint density at radius 1 is 1.14 bits per heavy atom. The fourth-order valence-electron chi connectivity index (χ4n) is 2.40. The normalized spacial score (nSPS) is 10.9. The van der Waals surface area contributed by atoms with Crippen molar-refractivity contribution in [3.8, 4) is 0 Å². The highest BCUT2D eigenvalue weighted by Gasteiger charge is 2.15. The lowest BCUT2D eigenvalue weighted by Gasteiger charge is -2.13. The fourth-order valence-corrected chi connectivity index (χ4v) is 2.40. The van der Waals surface area contributed by atoms with Gasteiger partial charge < -0.3 is 9.30 Å². The van der Waals surface area contributed by atoms with E-state index in [0.717, 1.165) is 12.8 Å². The maximum atomic E-state index is 11.9. The minimum Gasteiger partial charge on any atom is -0.464 e. The van der Waals surface area contributed by atoms with Gasteiger partial charge in [-0.05, 0) is 36.5 Å². The number of carbonyl (C=O) groups excluding carboxylic acids is 1. The second-order valence-corrected chi connectivity index (χ2v) is 5.71. The van der Waals surface area contributed by atoms with Gasteiger partial charge in [0.15, 0.2) is 0 Å². The predicted molar refractivity (Wildman–Crippen MR) is 84.5 cm³/mol. The van der Waals surface area contributed by atoms with Gasteiger partial charge in [-0.25, -0.2) is 4.79 Å². The Balaban J connectivity index is 2.29. The summed E-state index contributed by atoms with van der Waals surface area (Å²) in [7, 11) is 1.43. The molecule has 1 aromatic heterocycles. The van der Waals surface area contributed by atoms with Crippen LogP contribution in [0.4, 0.5) is 0 Å². The highest BCUT2D eigenvalue weighted by Crippen LogP contribution is 2.17. The number of aryl methyl sites for hydroxylation is 1. The molecule has 0 saturated heterocycles. The van der Waals surface area contributed by atoms with Gasteiger partial charge in [-0.2, -0.15) is 0 Å². The monoisotopic (exact) mass is 285 g/mol. The first-order chi connectivity index (χ1) is 10.1. The van der Waals surface area contributed by atoms with Crippen LogP contribution in [0.25, 0.3) is 0 Å². The summed E-state index contributed by atoms with van der Waals surface area (Å²) in [4.78, 5) is 11.9. The topological polar surface area (TPSA) is 31.2 Å². The quantitative estimate of drug-likeness (QED) is 0.753. The third-order valence-electron chi connectivity index (χ3n) is 3.63. The van der Waals surface area contributed by atoms with E-state index in [1.807, 2.05) is 30.3 Å². The molecule has 0 unspecified atom stereocenters. The summed E-state index contributed by atoms with van der Waals surface area (Å²) in [5, 5.41) is 0. The van der Waals surface area contributed by atoms with Crippen molar-refractivity contribution in [3.05, 3.63) is 59.4 Å². The molecule has 1 heterocycles. The summed E-state index contributed by atoms with van der Waals surface area (Å²) in [5.74, 6) is 0.369. The molecule has 0 amide bonds. The van der Waals surface area contributed by atoms with E-state index in [0.29, 0.717) is 18.2 Å². The molecule has 112 valence electrons. The summed E-state index contributed by atoms with van der Waals surface area (Å²) in [6.07, 6.45) is 2.08. The van der Waals surface area contributed by atoms with Crippen molar-refractivity contribution >= 4 is 5.97 Å². The largest absolute Gasteiger partial charge is 0.464 e. The van der Waals surface area contributed by atoms with Crippen LogP contribution in [0.5, 0.6) is 0 Å². The number of benzene rings is 1. The van der Waals surface area contributed by atoms with Gasteiger partial charge >= 0.3 is 5.97 Å². The van der Waals surface area contributed by atoms with Gasteiger partial charge in [-0.15, -0.1) is 0 Å². The zero-order chi connectivity index (χ0) is 15.2. The van der Waals surface area contributed by atoms with Crippen molar-refractivity contribution in [2.45, 2.75) is 33.2 Å². The summed E-state index contributed by atoms with van der Waals surface area (Å²) in [6.45, 7) is 5.13. The number of methoxy groups -OCH3 is 1. The molecule has 0 bridgehead atoms. The fraction of sp³-hybridized carbons (Fsp3) is 0.389. The Kier molecular flexibility index (Phi) is 5.20. The van der Waals surface area contributed by atoms with Crippen LogP contribution in [0.3, 0.4) is 0 Å². The van der Waals surface area contributed by atoms with Crippen molar-refractivity contribution < 1.29 is 9.53 Å². The Morgan fingerprint density at radius 3 is 2.48 bits per heavy atom. The molecule has 0 fully saturated rings. The molecule has 1 aromatic carbocycles. The zero-order valence-corrected chi connectivity index (χ0v) is 13.0. The molecule has 0 radical (unpaired) electrons. The lowest BCUT2D eigenvalue weighted by molar-refractivity contribution is 0.0588. The minimum absolute atomic E-state index is 0.276. The second kappa shape index (κ2) is 7.11. The summed E-state index contributed by atoms with van der Waals surface area (Å²) >= 11 is 0. The first-order valence-electron chi connectivity index (χ1n) is 7.42. The number of rotatable bonds is 6. The van der Waals surface area contributed by atoms with Crippen LogP contribution in [0, 0.1) is 5.92 Å². The molecular formula is C18H23NO2. The van der Waals surface area contributed by atoms with E-state index in [1.165, 1.54) is 18.4 Å². The second-order valence-electron chi connectivity index (χ2n) is 5.71. The number of ether oxygens (including phenoxy) is 1. The Bertz CT molecular complexity index is 585. The third kappa shape index (κ3) is 3.97. The van der Waals surface area contributed by atoms with Gasteiger partial charge in [0.05, 0.1) is 7.11 Å². The maximum absolute atomic E-state index is 11.9. The van der Waals surface area contributed by atoms with Crippen molar-refractivity contribution in [2.75, 3.05) is 7.11 Å². The van der Waals surface area contributed by atoms with Crippen LogP contribution in [-0.2, 0) is 17.7 Å². The molecule has 0 spiro atoms. The number of esters is 1. The van der Waals surface area contributed by atoms with Gasteiger partial charge in [-0.1, -0.05) is 44.2 Å². The van der Waals surface area contributed by atoms with Crippen LogP contribution >= 0.6 is 0 Å². The highest BCUT2D eigenvalue weighted by atomic mass is 16.5. The molecule has 3 nitrogen and oxygen atoms in total. The van der Waals surface area contributed by atoms with E-state index >= 15 is 0 Å². The van der Waals surface area contributed by atoms with Crippen molar-refractivity contribution in [3.63, 3.8) is 0 Å². The van der Waals surface area contributed by atoms with Crippen LogP contribution in [0.2, 0.25) is 0 Å². The van der Waals surface area contributed by atoms with E-state index < -0.39 is 0 Å². The summed E-state index contributed by atoms with van der Waals surface area (Å²) in [5.41, 5.74) is 3.00. The zero-order valence-electron chi connectivity index (χ0n) is 13.0. The number of hydrogen-bond donors (Lipinski definition) is 0. The number of carbonyl (C=O) groups is 1. The molecule has 3 heteroatoms. The van der Waals surface area contributed by atoms with Crippen molar-refractivity contribution in [1.29, 1.82) is 0 Å². The third-order valence-corrected chi connectivity index (χ3v) is 3.63. The van der Waals surface area contributed by atoms with E-state index in [4.69, 9.17) is 4.74 Å². The predicted octanol–water partition coefficient (Wildman–Crippen LogP) is 3.91. The van der Waals surface area contributed by atoms with Crippen molar-refractivity contribution in [1.82, 2.24) is 4.57 Å². The van der Waals surface area contributed by atoms with Gasteiger partial charge in [0.2, 0.25) is 0 Å². The molecule has 0 aliphatic rings. The maximum Gasteiger partial charge on any atom is 0.354 e. The molecule has 21 heavy (non-hydrogen) atoms. The van der Waals surface area contributed by atoms with Crippen LogP contribution in [0.1, 0.15) is 42.0 Å². The molecule has 2 rings (SSSR count). The van der Waals surface area contributed by atoms with Crippen LogP contribution in [-0.4, -0.2) is 17.6 Å². The Hall–Kier alpha value is -2.03. The molecule has 0 N–H and O–H groups in total. The van der Waals surface area contributed by atoms with Gasteiger partial charge in [0.25, 0.3) is 0 Å². The average Bonchev–Trinajstić information content (AvgIpc) is 2.88. The standard InChI is InChI=1S/C18H23NO2/c1-14(2)9-10-16-11-12-17(18(20)21-3)19(16)13-15-7-5-4-6-8-15/h4-8,11-12,14H,9-10,13H2,1-3H3. The lowest BCUT2D eigenvalue weighted by Crippen LogP contribution is -2.14. The van der Waals surface area contributed by atoms with Crippen LogP contribution in [0.15, 0.2) is 42.5 Å². The van der Waals surface area contributed by atoms with E-state index in [-0.39, 0.29) is 5.97 Å². The summed E-state index contributed by atoms with van der Waals surface area (Å²) in [6, 6.07) is 14.1. The van der Waals surface area contributed by atoms with Gasteiger partial charge in [0.1, 0.15) is 5.69 Å². The molecule has 2 aromatic rings. The average molecular weight is 285 g/mol. The van der Waals surface area contributed by atoms with Gasteiger partial charge in [-0.3, -0.25) is 0 Å². The lowest BCUT2D eigenvalue weighted by atomic mass is 10.1. The minimum atomic E-state index is -0.276. The highest BCUT2D eigenvalue weighted by molar-refractivity contribution is 5.87. The van der Waals surface area contributed by atoms with Crippen molar-refractivity contribution in [2.24, 2.45) is 5.92 Å². The first kappa shape index (κ1) is 15.4. The number of nitrogens with zero attached hydrogens (tertiary/aromatic N) is 1. The molecule has 0 aliphatic carbocycles. The Labute approximate surface area is 126 Å². The Morgan fingerprint density at radius 2 is 1.86 bits per heavy atom. The molecule has 0 saturated carbocycles. The molecular weight excluding hydrogens is 262 g/mol. The van der Waals surface area contributed by atoms with Crippen LogP contribution < -0.4 is 0 Å². The molecule has 0 atom stereocenters. The van der Waals surface area contributed by atoms with E-state index in [2.05, 4.69) is 30.5 Å². The smallest absolute Gasteiger partial charge is 0.354 e. The first-order valence-corrected chi connectivity index (χ1v) is 7.42. The SMILES string of the molecule is COC(=O)c1ccc(CCC(C)C)n1Cc1ccccc1.